The van der Waals surface area contributed by atoms with Crippen LogP contribution in [0, 0.1) is 11.3 Å². The first-order valence-corrected chi connectivity index (χ1v) is 10.5. The molecular formula is C24H19N3O3S. The number of ether oxygens (including phenoxy) is 1. The second-order valence-corrected chi connectivity index (χ2v) is 7.89. The topological polar surface area (TPSA) is 98.1 Å². The number of benzene rings is 2. The number of thiazole rings is 1. The lowest BCUT2D eigenvalue weighted by Gasteiger charge is -2.24. The van der Waals surface area contributed by atoms with Crippen molar-refractivity contribution in [3.05, 3.63) is 96.9 Å². The number of hydrogen-bond acceptors (Lipinski definition) is 6. The number of nitrogens with zero attached hydrogens (tertiary/aromatic N) is 2. The van der Waals surface area contributed by atoms with Gasteiger partial charge in [-0.25, -0.2) is 4.79 Å². The number of carbonyl (C=O) groups excluding carboxylic acids is 1. The third-order valence-electron chi connectivity index (χ3n) is 4.99. The summed E-state index contributed by atoms with van der Waals surface area (Å²) in [6.07, 6.45) is 1.75. The molecule has 0 unspecified atom stereocenters. The summed E-state index contributed by atoms with van der Waals surface area (Å²) in [5.41, 5.74) is 7.91. The lowest BCUT2D eigenvalue weighted by Crippen LogP contribution is -2.40. The summed E-state index contributed by atoms with van der Waals surface area (Å²) in [5.74, 6) is -1.25. The van der Waals surface area contributed by atoms with Gasteiger partial charge >= 0.3 is 5.97 Å². The molecule has 0 saturated carbocycles. The van der Waals surface area contributed by atoms with E-state index in [2.05, 4.69) is 6.07 Å². The van der Waals surface area contributed by atoms with E-state index in [0.29, 0.717) is 9.20 Å². The SMILES string of the molecule is CCOC(=O)C1=c2s/c(=C/c3ccccc3)c(=O)n2C(N)=C(C#N)[C@@H]1c1ccccc1. The normalized spacial score (nSPS) is 16.1. The van der Waals surface area contributed by atoms with Gasteiger partial charge in [0, 0.05) is 0 Å². The minimum atomic E-state index is -0.715. The first kappa shape index (κ1) is 20.4. The summed E-state index contributed by atoms with van der Waals surface area (Å²) >= 11 is 1.17. The fraction of sp³-hybridized carbons (Fsp3) is 0.125. The monoisotopic (exact) mass is 429 g/mol. The van der Waals surface area contributed by atoms with Gasteiger partial charge in [0.2, 0.25) is 0 Å². The summed E-state index contributed by atoms with van der Waals surface area (Å²) in [5, 5.41) is 9.91. The van der Waals surface area contributed by atoms with Crippen LogP contribution in [0.15, 0.2) is 71.0 Å². The predicted octanol–water partition coefficient (Wildman–Crippen LogP) is 1.90. The molecule has 6 nitrogen and oxygen atoms in total. The molecule has 2 N–H and O–H groups in total. The van der Waals surface area contributed by atoms with E-state index in [0.717, 1.165) is 11.1 Å². The fourth-order valence-electron chi connectivity index (χ4n) is 3.63. The summed E-state index contributed by atoms with van der Waals surface area (Å²) in [7, 11) is 0. The highest BCUT2D eigenvalue weighted by Crippen LogP contribution is 2.36. The maximum atomic E-state index is 13.2. The Morgan fingerprint density at radius 2 is 1.84 bits per heavy atom. The van der Waals surface area contributed by atoms with Gasteiger partial charge in [0.15, 0.2) is 0 Å². The van der Waals surface area contributed by atoms with Crippen LogP contribution in [0.1, 0.15) is 24.0 Å². The average molecular weight is 430 g/mol. The molecule has 3 aromatic rings. The van der Waals surface area contributed by atoms with Gasteiger partial charge in [-0.2, -0.15) is 5.26 Å². The van der Waals surface area contributed by atoms with Crippen molar-refractivity contribution in [2.24, 2.45) is 5.73 Å². The van der Waals surface area contributed by atoms with E-state index < -0.39 is 11.9 Å². The van der Waals surface area contributed by atoms with Crippen LogP contribution in [0.2, 0.25) is 0 Å². The number of fused-ring (bicyclic) bond motifs is 1. The molecule has 4 rings (SSSR count). The molecule has 2 aromatic carbocycles. The van der Waals surface area contributed by atoms with Gasteiger partial charge in [0.25, 0.3) is 5.56 Å². The van der Waals surface area contributed by atoms with Crippen LogP contribution >= 0.6 is 11.3 Å². The molecule has 0 amide bonds. The van der Waals surface area contributed by atoms with Crippen molar-refractivity contribution in [2.75, 3.05) is 6.61 Å². The highest BCUT2D eigenvalue weighted by molar-refractivity contribution is 7.07. The van der Waals surface area contributed by atoms with Crippen LogP contribution in [0.25, 0.3) is 17.5 Å². The second kappa shape index (κ2) is 8.46. The first-order chi connectivity index (χ1) is 15.1. The van der Waals surface area contributed by atoms with Crippen LogP contribution in [0.5, 0.6) is 0 Å². The summed E-state index contributed by atoms with van der Waals surface area (Å²) in [6, 6.07) is 20.7. The number of nitrogens with two attached hydrogens (primary N) is 1. The molecular weight excluding hydrogens is 410 g/mol. The zero-order chi connectivity index (χ0) is 22.0. The third-order valence-corrected chi connectivity index (χ3v) is 6.10. The fourth-order valence-corrected chi connectivity index (χ4v) is 4.80. The Balaban J connectivity index is 2.10. The van der Waals surface area contributed by atoms with Crippen LogP contribution in [-0.2, 0) is 9.53 Å². The maximum absolute atomic E-state index is 13.2. The van der Waals surface area contributed by atoms with Gasteiger partial charge in [-0.3, -0.25) is 9.36 Å². The van der Waals surface area contributed by atoms with E-state index in [1.807, 2.05) is 60.7 Å². The third kappa shape index (κ3) is 3.58. The second-order valence-electron chi connectivity index (χ2n) is 6.86. The molecule has 2 heterocycles. The molecule has 31 heavy (non-hydrogen) atoms. The number of aromatic nitrogens is 1. The lowest BCUT2D eigenvalue weighted by atomic mass is 9.84. The molecule has 1 atom stereocenters. The molecule has 154 valence electrons. The van der Waals surface area contributed by atoms with Crippen molar-refractivity contribution in [1.82, 2.24) is 4.57 Å². The van der Waals surface area contributed by atoms with Crippen molar-refractivity contribution in [1.29, 1.82) is 5.26 Å². The summed E-state index contributed by atoms with van der Waals surface area (Å²) in [4.78, 5) is 26.3. The minimum absolute atomic E-state index is 0.0355. The Labute approximate surface area is 182 Å². The van der Waals surface area contributed by atoms with Crippen molar-refractivity contribution >= 4 is 34.8 Å². The van der Waals surface area contributed by atoms with E-state index in [4.69, 9.17) is 10.5 Å². The van der Waals surface area contributed by atoms with Crippen LogP contribution in [0.3, 0.4) is 0 Å². The smallest absolute Gasteiger partial charge is 0.338 e. The zero-order valence-electron chi connectivity index (χ0n) is 16.7. The average Bonchev–Trinajstić information content (AvgIpc) is 3.11. The van der Waals surface area contributed by atoms with Gasteiger partial charge in [-0.15, -0.1) is 11.3 Å². The number of hydrogen-bond donors (Lipinski definition) is 1. The Bertz CT molecular complexity index is 1390. The highest BCUT2D eigenvalue weighted by atomic mass is 32.1. The molecule has 1 aromatic heterocycles. The van der Waals surface area contributed by atoms with Gasteiger partial charge in [-0.1, -0.05) is 60.7 Å². The largest absolute Gasteiger partial charge is 0.463 e. The molecule has 0 saturated heterocycles. The Hall–Kier alpha value is -3.89. The quantitative estimate of drug-likeness (QED) is 0.639. The number of esters is 1. The van der Waals surface area contributed by atoms with Gasteiger partial charge < -0.3 is 10.5 Å². The van der Waals surface area contributed by atoms with E-state index in [-0.39, 0.29) is 29.1 Å². The predicted molar refractivity (Wildman–Crippen MR) is 120 cm³/mol. The number of nitriles is 1. The standard InChI is InChI=1S/C24H19N3O3S/c1-2-30-24(29)20-19(16-11-7-4-8-12-16)17(14-25)21(26)27-22(28)18(31-23(20)27)13-15-9-5-3-6-10-15/h3-13,19H,2,26H2,1H3/b18-13+/t19-/m0/s1. The van der Waals surface area contributed by atoms with Crippen molar-refractivity contribution in [3.8, 4) is 6.07 Å². The number of carbonyl (C=O) groups is 1. The molecule has 0 aliphatic carbocycles. The van der Waals surface area contributed by atoms with E-state index in [1.165, 1.54) is 15.9 Å². The number of rotatable bonds is 4. The molecule has 0 bridgehead atoms. The molecule has 0 fully saturated rings. The Morgan fingerprint density at radius 3 is 2.45 bits per heavy atom. The molecule has 1 aliphatic rings. The van der Waals surface area contributed by atoms with Crippen LogP contribution < -0.4 is 20.5 Å². The Morgan fingerprint density at radius 1 is 1.19 bits per heavy atom. The highest BCUT2D eigenvalue weighted by Gasteiger charge is 2.36. The zero-order valence-corrected chi connectivity index (χ0v) is 17.6. The van der Waals surface area contributed by atoms with Gasteiger partial charge in [0.1, 0.15) is 10.5 Å². The van der Waals surface area contributed by atoms with Gasteiger partial charge in [-0.05, 0) is 24.1 Å². The van der Waals surface area contributed by atoms with E-state index in [1.54, 1.807) is 13.0 Å². The first-order valence-electron chi connectivity index (χ1n) is 9.71. The van der Waals surface area contributed by atoms with E-state index >= 15 is 0 Å². The molecule has 0 spiro atoms. The number of allylic oxidation sites excluding steroid dienone is 1. The van der Waals surface area contributed by atoms with Crippen molar-refractivity contribution in [2.45, 2.75) is 12.8 Å². The molecule has 0 radical (unpaired) electrons. The summed E-state index contributed by atoms with van der Waals surface area (Å²) < 4.78 is 7.37. The van der Waals surface area contributed by atoms with Crippen LogP contribution in [0.4, 0.5) is 0 Å². The lowest BCUT2D eigenvalue weighted by molar-refractivity contribution is -0.136. The molecule has 7 heteroatoms. The molecule has 1 aliphatic heterocycles. The van der Waals surface area contributed by atoms with Crippen molar-refractivity contribution < 1.29 is 9.53 Å². The maximum Gasteiger partial charge on any atom is 0.338 e. The summed E-state index contributed by atoms with van der Waals surface area (Å²) in [6.45, 7) is 1.88. The van der Waals surface area contributed by atoms with Gasteiger partial charge in [0.05, 0.1) is 34.3 Å². The van der Waals surface area contributed by atoms with E-state index in [9.17, 15) is 14.9 Å². The van der Waals surface area contributed by atoms with Crippen molar-refractivity contribution in [3.63, 3.8) is 0 Å². The van der Waals surface area contributed by atoms with Crippen LogP contribution in [-0.4, -0.2) is 17.1 Å². The Kier molecular flexibility index (Phi) is 5.56. The minimum Gasteiger partial charge on any atom is -0.463 e.